The van der Waals surface area contributed by atoms with Gasteiger partial charge in [-0.25, -0.2) is 9.67 Å². The first-order valence-electron chi connectivity index (χ1n) is 9.23. The van der Waals surface area contributed by atoms with Crippen LogP contribution in [0, 0.1) is 0 Å². The summed E-state index contributed by atoms with van der Waals surface area (Å²) >= 11 is 0. The molecule has 8 nitrogen and oxygen atoms in total. The van der Waals surface area contributed by atoms with Crippen molar-refractivity contribution in [2.75, 3.05) is 37.0 Å². The fourth-order valence-corrected chi connectivity index (χ4v) is 3.11. The first kappa shape index (κ1) is 18.6. The molecule has 1 N–H and O–H groups in total. The number of aliphatic hydroxyl groups is 1. The van der Waals surface area contributed by atoms with Crippen LogP contribution in [0.5, 0.6) is 0 Å². The first-order chi connectivity index (χ1) is 12.3. The quantitative estimate of drug-likeness (QED) is 0.871. The van der Waals surface area contributed by atoms with Gasteiger partial charge in [0, 0.05) is 38.9 Å². The summed E-state index contributed by atoms with van der Waals surface area (Å²) in [7, 11) is 3.94. The molecule has 142 valence electrons. The number of nitrogens with zero attached hydrogens (tertiary/aromatic N) is 7. The average Bonchev–Trinajstić information content (AvgIpc) is 3.12. The topological polar surface area (TPSA) is 83.2 Å². The fraction of sp³-hybridized carbons (Fsp3) is 0.667. The van der Waals surface area contributed by atoms with Gasteiger partial charge in [-0.15, -0.1) is 5.10 Å². The molecule has 0 aromatic carbocycles. The van der Waals surface area contributed by atoms with E-state index in [9.17, 15) is 5.11 Å². The Kier molecular flexibility index (Phi) is 5.13. The Morgan fingerprint density at radius 2 is 1.92 bits per heavy atom. The monoisotopic (exact) mass is 359 g/mol. The number of anilines is 2. The van der Waals surface area contributed by atoms with Gasteiger partial charge in [-0.05, 0) is 33.1 Å². The van der Waals surface area contributed by atoms with E-state index in [-0.39, 0.29) is 0 Å². The van der Waals surface area contributed by atoms with Gasteiger partial charge in [-0.3, -0.25) is 0 Å². The van der Waals surface area contributed by atoms with Crippen molar-refractivity contribution in [3.63, 3.8) is 0 Å². The molecule has 3 heterocycles. The van der Waals surface area contributed by atoms with Crippen LogP contribution in [0.25, 0.3) is 0 Å². The van der Waals surface area contributed by atoms with Crippen molar-refractivity contribution >= 4 is 11.8 Å². The van der Waals surface area contributed by atoms with Crippen molar-refractivity contribution in [1.82, 2.24) is 25.0 Å². The highest BCUT2D eigenvalue weighted by atomic mass is 16.3. The Morgan fingerprint density at radius 3 is 2.46 bits per heavy atom. The third-order valence-corrected chi connectivity index (χ3v) is 4.82. The number of rotatable bonds is 5. The second kappa shape index (κ2) is 7.19. The van der Waals surface area contributed by atoms with Crippen LogP contribution in [-0.2, 0) is 12.0 Å². The van der Waals surface area contributed by atoms with Crippen molar-refractivity contribution in [1.29, 1.82) is 0 Å². The molecule has 1 aliphatic rings. The van der Waals surface area contributed by atoms with Gasteiger partial charge in [-0.2, -0.15) is 4.98 Å². The predicted octanol–water partition coefficient (Wildman–Crippen LogP) is 1.77. The van der Waals surface area contributed by atoms with E-state index in [1.165, 1.54) is 0 Å². The largest absolute Gasteiger partial charge is 0.384 e. The Bertz CT molecular complexity index is 742. The molecule has 0 bridgehead atoms. The maximum atomic E-state index is 10.1. The highest BCUT2D eigenvalue weighted by molar-refractivity contribution is 5.46. The number of hydrogen-bond acceptors (Lipinski definition) is 7. The Hall–Kier alpha value is -2.22. The molecule has 3 rings (SSSR count). The SMILES string of the molecule is CCc1cc(N2CCC(n3cc(C(C)(C)O)nn3)CC2)nc(N(C)C)n1. The summed E-state index contributed by atoms with van der Waals surface area (Å²) < 4.78 is 1.90. The molecule has 2 aromatic rings. The molecule has 1 aliphatic heterocycles. The highest BCUT2D eigenvalue weighted by Crippen LogP contribution is 2.27. The third kappa shape index (κ3) is 3.95. The first-order valence-corrected chi connectivity index (χ1v) is 9.23. The summed E-state index contributed by atoms with van der Waals surface area (Å²) in [5.74, 6) is 1.75. The molecule has 0 aliphatic carbocycles. The van der Waals surface area contributed by atoms with Gasteiger partial charge in [0.05, 0.1) is 12.2 Å². The van der Waals surface area contributed by atoms with Crippen LogP contribution in [-0.4, -0.2) is 57.3 Å². The van der Waals surface area contributed by atoms with Crippen LogP contribution in [0.3, 0.4) is 0 Å². The van der Waals surface area contributed by atoms with Gasteiger partial charge in [0.2, 0.25) is 5.95 Å². The zero-order valence-corrected chi connectivity index (χ0v) is 16.3. The van der Waals surface area contributed by atoms with Crippen molar-refractivity contribution in [3.05, 3.63) is 23.7 Å². The Morgan fingerprint density at radius 1 is 1.23 bits per heavy atom. The lowest BCUT2D eigenvalue weighted by molar-refractivity contribution is 0.0737. The summed E-state index contributed by atoms with van der Waals surface area (Å²) in [6, 6.07) is 2.39. The number of aromatic nitrogens is 5. The van der Waals surface area contributed by atoms with Crippen molar-refractivity contribution in [2.24, 2.45) is 0 Å². The lowest BCUT2D eigenvalue weighted by Gasteiger charge is -2.33. The summed E-state index contributed by atoms with van der Waals surface area (Å²) in [5.41, 5.74) is 0.713. The molecular weight excluding hydrogens is 330 g/mol. The smallest absolute Gasteiger partial charge is 0.227 e. The molecule has 2 aromatic heterocycles. The summed E-state index contributed by atoms with van der Waals surface area (Å²) in [4.78, 5) is 13.6. The highest BCUT2D eigenvalue weighted by Gasteiger charge is 2.26. The molecule has 0 unspecified atom stereocenters. The molecule has 8 heteroatoms. The van der Waals surface area contributed by atoms with E-state index in [0.29, 0.717) is 11.7 Å². The minimum atomic E-state index is -0.959. The summed E-state index contributed by atoms with van der Waals surface area (Å²) in [5, 5.41) is 18.4. The minimum Gasteiger partial charge on any atom is -0.384 e. The normalized spacial score (nSPS) is 16.2. The molecular formula is C18H29N7O. The van der Waals surface area contributed by atoms with Gasteiger partial charge in [0.15, 0.2) is 0 Å². The summed E-state index contributed by atoms with van der Waals surface area (Å²) in [6.07, 6.45) is 4.70. The Labute approximate surface area is 154 Å². The number of hydrogen-bond donors (Lipinski definition) is 1. The second-order valence-electron chi connectivity index (χ2n) is 7.63. The molecule has 0 atom stereocenters. The van der Waals surface area contributed by atoms with Gasteiger partial charge >= 0.3 is 0 Å². The Balaban J connectivity index is 1.70. The fourth-order valence-electron chi connectivity index (χ4n) is 3.11. The average molecular weight is 359 g/mol. The lowest BCUT2D eigenvalue weighted by Crippen LogP contribution is -2.35. The van der Waals surface area contributed by atoms with Crippen molar-refractivity contribution < 1.29 is 5.11 Å². The van der Waals surface area contributed by atoms with E-state index < -0.39 is 5.60 Å². The third-order valence-electron chi connectivity index (χ3n) is 4.82. The van der Waals surface area contributed by atoms with Gasteiger partial charge in [0.1, 0.15) is 17.1 Å². The zero-order chi connectivity index (χ0) is 18.9. The van der Waals surface area contributed by atoms with Crippen molar-refractivity contribution in [2.45, 2.75) is 51.7 Å². The maximum Gasteiger partial charge on any atom is 0.227 e. The van der Waals surface area contributed by atoms with Crippen LogP contribution in [0.15, 0.2) is 12.3 Å². The molecule has 0 amide bonds. The van der Waals surface area contributed by atoms with Crippen LogP contribution in [0.4, 0.5) is 11.8 Å². The van der Waals surface area contributed by atoms with E-state index in [4.69, 9.17) is 4.98 Å². The standard InChI is InChI=1S/C18H29N7O/c1-6-13-11-16(20-17(19-13)23(4)5)24-9-7-14(8-10-24)25-12-15(21-22-25)18(2,3)26/h11-12,14,26H,6-10H2,1-5H3. The van der Waals surface area contributed by atoms with E-state index in [1.54, 1.807) is 13.8 Å². The van der Waals surface area contributed by atoms with Crippen LogP contribution in [0.2, 0.25) is 0 Å². The molecule has 0 spiro atoms. The van der Waals surface area contributed by atoms with Crippen LogP contribution < -0.4 is 9.80 Å². The number of aryl methyl sites for hydroxylation is 1. The van der Waals surface area contributed by atoms with Gasteiger partial charge in [-0.1, -0.05) is 12.1 Å². The molecule has 0 radical (unpaired) electrons. The maximum absolute atomic E-state index is 10.1. The van der Waals surface area contributed by atoms with E-state index in [1.807, 2.05) is 29.9 Å². The molecule has 1 saturated heterocycles. The zero-order valence-electron chi connectivity index (χ0n) is 16.3. The molecule has 1 fully saturated rings. The van der Waals surface area contributed by atoms with E-state index >= 15 is 0 Å². The van der Waals surface area contributed by atoms with Crippen molar-refractivity contribution in [3.8, 4) is 0 Å². The van der Waals surface area contributed by atoms with E-state index in [2.05, 4.69) is 33.2 Å². The molecule has 26 heavy (non-hydrogen) atoms. The van der Waals surface area contributed by atoms with E-state index in [0.717, 1.165) is 49.8 Å². The van der Waals surface area contributed by atoms with Crippen LogP contribution >= 0.6 is 0 Å². The predicted molar refractivity (Wildman–Crippen MR) is 101 cm³/mol. The summed E-state index contributed by atoms with van der Waals surface area (Å²) in [6.45, 7) is 7.40. The number of piperidine rings is 1. The lowest BCUT2D eigenvalue weighted by atomic mass is 10.0. The van der Waals surface area contributed by atoms with Gasteiger partial charge < -0.3 is 14.9 Å². The minimum absolute atomic E-state index is 0.302. The second-order valence-corrected chi connectivity index (χ2v) is 7.63. The molecule has 0 saturated carbocycles. The van der Waals surface area contributed by atoms with Gasteiger partial charge in [0.25, 0.3) is 0 Å². The van der Waals surface area contributed by atoms with Crippen LogP contribution in [0.1, 0.15) is 51.0 Å².